The first-order valence-electron chi connectivity index (χ1n) is 9.99. The molecule has 1 aromatic heterocycles. The van der Waals surface area contributed by atoms with Crippen LogP contribution in [-0.4, -0.2) is 112 Å². The molecule has 2 aliphatic rings. The molecular weight excluding hydrogens is 542 g/mol. The summed E-state index contributed by atoms with van der Waals surface area (Å²) in [5.74, 6) is 0. The van der Waals surface area contributed by atoms with Crippen molar-refractivity contribution < 1.29 is 72.4 Å². The number of aliphatic hydroxyl groups excluding tert-OH is 6. The maximum Gasteiger partial charge on any atom is 0.483 e. The zero-order valence-corrected chi connectivity index (χ0v) is 19.6. The highest BCUT2D eigenvalue weighted by Crippen LogP contribution is 2.61. The van der Waals surface area contributed by atoms with Crippen molar-refractivity contribution in [2.24, 2.45) is 0 Å². The van der Waals surface area contributed by atoms with E-state index in [1.54, 1.807) is 0 Å². The summed E-state index contributed by atoms with van der Waals surface area (Å²) in [6.07, 6.45) is -15.4. The maximum atomic E-state index is 12.2. The summed E-state index contributed by atoms with van der Waals surface area (Å²) < 4.78 is 48.1. The Kier molecular flexibility index (Phi) is 9.05. The highest BCUT2D eigenvalue weighted by molar-refractivity contribution is 7.61. The third kappa shape index (κ3) is 6.54. The number of phosphoric ester groups is 2. The monoisotopic (exact) mass is 566 g/mol. The van der Waals surface area contributed by atoms with Crippen LogP contribution in [0.25, 0.3) is 0 Å². The average molecular weight is 566 g/mol. The molecule has 21 heteroatoms. The molecule has 206 valence electrons. The molecule has 0 aromatic carbocycles. The topological polar surface area (TPSA) is 297 Å². The van der Waals surface area contributed by atoms with Crippen molar-refractivity contribution in [3.63, 3.8) is 0 Å². The summed E-state index contributed by atoms with van der Waals surface area (Å²) in [5, 5.41) is 58.6. The van der Waals surface area contributed by atoms with Crippen LogP contribution in [-0.2, 0) is 32.0 Å². The summed E-state index contributed by atoms with van der Waals surface area (Å²) >= 11 is 0. The Morgan fingerprint density at radius 2 is 1.56 bits per heavy atom. The van der Waals surface area contributed by atoms with Crippen LogP contribution in [0.3, 0.4) is 0 Å². The molecule has 3 rings (SSSR count). The van der Waals surface area contributed by atoms with Gasteiger partial charge in [0.1, 0.15) is 42.7 Å². The van der Waals surface area contributed by atoms with Crippen LogP contribution >= 0.6 is 15.6 Å². The van der Waals surface area contributed by atoms with Crippen molar-refractivity contribution in [2.45, 2.75) is 55.2 Å². The van der Waals surface area contributed by atoms with Crippen molar-refractivity contribution in [1.29, 1.82) is 0 Å². The quantitative estimate of drug-likeness (QED) is 0.127. The minimum atomic E-state index is -5.59. The van der Waals surface area contributed by atoms with Gasteiger partial charge in [-0.05, 0) is 0 Å². The van der Waals surface area contributed by atoms with Crippen molar-refractivity contribution in [2.75, 3.05) is 13.2 Å². The molecular formula is C15H24N2O17P2. The van der Waals surface area contributed by atoms with Crippen LogP contribution in [0.5, 0.6) is 0 Å². The van der Waals surface area contributed by atoms with E-state index in [1.807, 2.05) is 4.98 Å². The van der Waals surface area contributed by atoms with Crippen LogP contribution < -0.4 is 11.2 Å². The average Bonchev–Trinajstić information content (AvgIpc) is 3.06. The number of H-pyrrole nitrogens is 1. The fourth-order valence-corrected chi connectivity index (χ4v) is 5.51. The van der Waals surface area contributed by atoms with Crippen molar-refractivity contribution in [1.82, 2.24) is 9.55 Å². The molecule has 2 saturated heterocycles. The van der Waals surface area contributed by atoms with E-state index in [4.69, 9.17) is 14.6 Å². The predicted molar refractivity (Wildman–Crippen MR) is 109 cm³/mol. The van der Waals surface area contributed by atoms with E-state index < -0.39 is 95.4 Å². The largest absolute Gasteiger partial charge is 0.483 e. The summed E-state index contributed by atoms with van der Waals surface area (Å²) in [5.41, 5.74) is -1.75. The van der Waals surface area contributed by atoms with E-state index in [0.29, 0.717) is 0 Å². The van der Waals surface area contributed by atoms with E-state index in [2.05, 4.69) is 13.4 Å². The van der Waals surface area contributed by atoms with Crippen molar-refractivity contribution in [3.05, 3.63) is 33.1 Å². The SMILES string of the molecule is O=c1ccn(C2O[C@H](COP(=O)(O)OP(=O)(O)OC3O[C@H](CO)[C@H](O)[C@@H](O)[C@H]3O)[C@@H](O)[C@H]2O)c(=O)[nH]1. The number of phosphoric acid groups is 2. The zero-order chi connectivity index (χ0) is 27.0. The van der Waals surface area contributed by atoms with Gasteiger partial charge in [0.2, 0.25) is 0 Å². The highest BCUT2D eigenvalue weighted by atomic mass is 31.3. The molecule has 3 heterocycles. The number of hydrogen-bond acceptors (Lipinski definition) is 15. The zero-order valence-electron chi connectivity index (χ0n) is 17.9. The van der Waals surface area contributed by atoms with Crippen LogP contribution in [0.1, 0.15) is 6.23 Å². The van der Waals surface area contributed by atoms with E-state index >= 15 is 0 Å². The molecule has 0 spiro atoms. The molecule has 0 aliphatic carbocycles. The Hall–Kier alpha value is -1.38. The Morgan fingerprint density at radius 1 is 0.917 bits per heavy atom. The minimum Gasteiger partial charge on any atom is -0.394 e. The third-order valence-electron chi connectivity index (χ3n) is 5.16. The van der Waals surface area contributed by atoms with Gasteiger partial charge in [0.25, 0.3) is 5.56 Å². The molecule has 0 bridgehead atoms. The van der Waals surface area contributed by atoms with E-state index in [9.17, 15) is 54.0 Å². The molecule has 0 radical (unpaired) electrons. The lowest BCUT2D eigenvalue weighted by molar-refractivity contribution is -0.280. The van der Waals surface area contributed by atoms with Crippen molar-refractivity contribution >= 4 is 15.6 Å². The van der Waals surface area contributed by atoms with Crippen LogP contribution in [0, 0.1) is 0 Å². The number of rotatable bonds is 9. The highest BCUT2D eigenvalue weighted by Gasteiger charge is 2.49. The van der Waals surface area contributed by atoms with Gasteiger partial charge in [0, 0.05) is 12.3 Å². The lowest BCUT2D eigenvalue weighted by Gasteiger charge is -2.39. The summed E-state index contributed by atoms with van der Waals surface area (Å²) in [7, 11) is -11.1. The van der Waals surface area contributed by atoms with Crippen LogP contribution in [0.2, 0.25) is 0 Å². The number of aromatic amines is 1. The Morgan fingerprint density at radius 3 is 2.17 bits per heavy atom. The van der Waals surface area contributed by atoms with Gasteiger partial charge < -0.3 is 49.9 Å². The van der Waals surface area contributed by atoms with Gasteiger partial charge in [-0.2, -0.15) is 4.31 Å². The van der Waals surface area contributed by atoms with E-state index in [-0.39, 0.29) is 0 Å². The second-order valence-corrected chi connectivity index (χ2v) is 10.7. The number of aromatic nitrogens is 2. The Balaban J connectivity index is 1.61. The number of nitrogens with one attached hydrogen (secondary N) is 1. The van der Waals surface area contributed by atoms with Gasteiger partial charge >= 0.3 is 21.3 Å². The fourth-order valence-electron chi connectivity index (χ4n) is 3.35. The fraction of sp³-hybridized carbons (Fsp3) is 0.733. The Labute approximate surface area is 199 Å². The summed E-state index contributed by atoms with van der Waals surface area (Å²) in [6, 6.07) is 0.928. The molecule has 2 aliphatic heterocycles. The molecule has 36 heavy (non-hydrogen) atoms. The molecule has 0 amide bonds. The number of hydrogen-bond donors (Lipinski definition) is 9. The first-order chi connectivity index (χ1) is 16.7. The van der Waals surface area contributed by atoms with Crippen molar-refractivity contribution in [3.8, 4) is 0 Å². The minimum absolute atomic E-state index is 0.723. The number of aliphatic hydroxyl groups is 6. The lowest BCUT2D eigenvalue weighted by atomic mass is 10.00. The second-order valence-electron chi connectivity index (χ2n) is 7.68. The normalized spacial score (nSPS) is 38.4. The first kappa shape index (κ1) is 29.2. The molecule has 4 unspecified atom stereocenters. The van der Waals surface area contributed by atoms with E-state index in [0.717, 1.165) is 16.8 Å². The second kappa shape index (κ2) is 11.2. The van der Waals surface area contributed by atoms with Gasteiger partial charge in [0.15, 0.2) is 12.5 Å². The first-order valence-corrected chi connectivity index (χ1v) is 13.0. The predicted octanol–water partition coefficient (Wildman–Crippen LogP) is -4.79. The summed E-state index contributed by atoms with van der Waals surface area (Å²) in [6.45, 7) is -1.93. The van der Waals surface area contributed by atoms with Crippen LogP contribution in [0.4, 0.5) is 0 Å². The smallest absolute Gasteiger partial charge is 0.394 e. The number of ether oxygens (including phenoxy) is 2. The molecule has 1 aromatic rings. The van der Waals surface area contributed by atoms with Gasteiger partial charge in [0.05, 0.1) is 13.2 Å². The molecule has 2 fully saturated rings. The molecule has 11 atom stereocenters. The van der Waals surface area contributed by atoms with Gasteiger partial charge in [-0.25, -0.2) is 13.9 Å². The molecule has 0 saturated carbocycles. The maximum absolute atomic E-state index is 12.2. The summed E-state index contributed by atoms with van der Waals surface area (Å²) in [4.78, 5) is 44.5. The van der Waals surface area contributed by atoms with Crippen LogP contribution in [0.15, 0.2) is 21.9 Å². The van der Waals surface area contributed by atoms with Gasteiger partial charge in [-0.3, -0.25) is 23.4 Å². The third-order valence-corrected chi connectivity index (χ3v) is 7.76. The Bertz CT molecular complexity index is 1120. The number of nitrogens with zero attached hydrogens (tertiary/aromatic N) is 1. The molecule has 19 nitrogen and oxygen atoms in total. The standard InChI is InChI=1S/C15H24N2O17P2/c18-3-5-8(20)10(22)12(24)14(32-5)33-36(28,29)34-35(26,27)30-4-6-9(21)11(23)13(31-6)17-2-1-7(19)16-15(17)25/h1-2,5-6,8-14,18,20-24H,3-4H2,(H,26,27)(H,28,29)(H,16,19,25)/t5-,6-,8+,9-,10-,11-,12-,13?,14?/m1/s1. The van der Waals surface area contributed by atoms with E-state index in [1.165, 1.54) is 0 Å². The van der Waals surface area contributed by atoms with Gasteiger partial charge in [-0.15, -0.1) is 0 Å². The van der Waals surface area contributed by atoms with Gasteiger partial charge in [-0.1, -0.05) is 0 Å². The lowest BCUT2D eigenvalue weighted by Crippen LogP contribution is -2.58. The molecule has 9 N–H and O–H groups in total.